The van der Waals surface area contributed by atoms with Gasteiger partial charge in [0.1, 0.15) is 23.2 Å². The van der Waals surface area contributed by atoms with Crippen LogP contribution in [-0.4, -0.2) is 26.7 Å². The van der Waals surface area contributed by atoms with Crippen LogP contribution in [0.15, 0.2) is 18.3 Å². The van der Waals surface area contributed by atoms with Crippen LogP contribution in [-0.2, 0) is 10.2 Å². The number of nitrogens with zero attached hydrogens (tertiary/aromatic N) is 3. The maximum atomic E-state index is 13.2. The van der Waals surface area contributed by atoms with Crippen molar-refractivity contribution in [3.8, 4) is 0 Å². The van der Waals surface area contributed by atoms with Crippen LogP contribution in [0.3, 0.4) is 0 Å². The number of alkyl halides is 1. The van der Waals surface area contributed by atoms with Crippen LogP contribution in [0.25, 0.3) is 5.52 Å². The van der Waals surface area contributed by atoms with Gasteiger partial charge in [0.25, 0.3) is 0 Å². The Balaban J connectivity index is 2.19. The number of fused-ring (bicyclic) bond motifs is 1. The van der Waals surface area contributed by atoms with E-state index in [-0.39, 0.29) is 12.8 Å². The van der Waals surface area contributed by atoms with Gasteiger partial charge in [-0.3, -0.25) is 4.79 Å². The number of carbonyl (C=O) groups is 1. The van der Waals surface area contributed by atoms with E-state index in [9.17, 15) is 9.18 Å². The molecule has 0 saturated heterocycles. The molecule has 1 amide bonds. The summed E-state index contributed by atoms with van der Waals surface area (Å²) >= 11 is 0. The largest absolute Gasteiger partial charge is 0.382 e. The summed E-state index contributed by atoms with van der Waals surface area (Å²) in [5.41, 5.74) is 10.6. The normalized spacial score (nSPS) is 27.1. The van der Waals surface area contributed by atoms with E-state index in [1.165, 1.54) is 4.52 Å². The summed E-state index contributed by atoms with van der Waals surface area (Å²) in [6.07, 6.45) is 0.652. The van der Waals surface area contributed by atoms with E-state index in [1.807, 2.05) is 0 Å². The van der Waals surface area contributed by atoms with E-state index in [2.05, 4.69) is 10.1 Å². The molecular formula is C11H12FN5O. The number of carbonyl (C=O) groups excluding carboxylic acids is 1. The van der Waals surface area contributed by atoms with Gasteiger partial charge in [-0.2, -0.15) is 0 Å². The minimum Gasteiger partial charge on any atom is -0.382 e. The third-order valence-corrected chi connectivity index (χ3v) is 3.44. The molecule has 0 bridgehead atoms. The summed E-state index contributed by atoms with van der Waals surface area (Å²) in [4.78, 5) is 15.8. The van der Waals surface area contributed by atoms with E-state index < -0.39 is 17.5 Å². The summed E-state index contributed by atoms with van der Waals surface area (Å²) in [6.45, 7) is 0. The van der Waals surface area contributed by atoms with Crippen molar-refractivity contribution in [2.24, 2.45) is 5.73 Å². The highest BCUT2D eigenvalue weighted by molar-refractivity contribution is 5.87. The Morgan fingerprint density at radius 1 is 1.50 bits per heavy atom. The van der Waals surface area contributed by atoms with Gasteiger partial charge in [0, 0.05) is 12.8 Å². The average molecular weight is 249 g/mol. The van der Waals surface area contributed by atoms with Crippen LogP contribution in [0.5, 0.6) is 0 Å². The Bertz CT molecular complexity index is 631. The third-order valence-electron chi connectivity index (χ3n) is 3.44. The van der Waals surface area contributed by atoms with Gasteiger partial charge in [-0.15, -0.1) is 5.10 Å². The van der Waals surface area contributed by atoms with Crippen molar-refractivity contribution >= 4 is 17.2 Å². The molecule has 6 nitrogen and oxygen atoms in total. The molecule has 7 heteroatoms. The lowest BCUT2D eigenvalue weighted by atomic mass is 9.66. The molecule has 4 N–H and O–H groups in total. The minimum absolute atomic E-state index is 0.0535. The van der Waals surface area contributed by atoms with Gasteiger partial charge in [0.15, 0.2) is 0 Å². The number of hydrogen-bond acceptors (Lipinski definition) is 4. The summed E-state index contributed by atoms with van der Waals surface area (Å²) in [5, 5.41) is 4.09. The fourth-order valence-electron chi connectivity index (χ4n) is 2.41. The first-order chi connectivity index (χ1) is 8.53. The maximum Gasteiger partial charge on any atom is 0.231 e. The fourth-order valence-corrected chi connectivity index (χ4v) is 2.41. The molecule has 0 radical (unpaired) electrons. The predicted octanol–water partition coefficient (Wildman–Crippen LogP) is 0.166. The van der Waals surface area contributed by atoms with Crippen LogP contribution < -0.4 is 11.5 Å². The summed E-state index contributed by atoms with van der Waals surface area (Å²) in [5.74, 6) is 0.0943. The molecule has 0 unspecified atom stereocenters. The van der Waals surface area contributed by atoms with Crippen molar-refractivity contribution in [1.29, 1.82) is 0 Å². The van der Waals surface area contributed by atoms with E-state index in [1.54, 1.807) is 18.3 Å². The zero-order valence-corrected chi connectivity index (χ0v) is 9.51. The van der Waals surface area contributed by atoms with Gasteiger partial charge in [0.2, 0.25) is 5.91 Å². The number of halogens is 1. The number of amides is 1. The van der Waals surface area contributed by atoms with Crippen LogP contribution in [0, 0.1) is 0 Å². The quantitative estimate of drug-likeness (QED) is 0.792. The Labute approximate surface area is 102 Å². The van der Waals surface area contributed by atoms with Crippen LogP contribution in [0.2, 0.25) is 0 Å². The van der Waals surface area contributed by atoms with Gasteiger partial charge < -0.3 is 11.5 Å². The second-order valence-corrected chi connectivity index (χ2v) is 4.63. The second-order valence-electron chi connectivity index (χ2n) is 4.63. The monoisotopic (exact) mass is 249 g/mol. The molecule has 1 fully saturated rings. The first-order valence-electron chi connectivity index (χ1n) is 5.58. The molecule has 1 aliphatic rings. The molecule has 0 aliphatic heterocycles. The lowest BCUT2D eigenvalue weighted by molar-refractivity contribution is -0.129. The maximum absolute atomic E-state index is 13.2. The standard InChI is InChI=1S/C11H12FN5O/c12-6-3-11(4-6,9(14)18)10-15-5-7-1-2-8(13)16-17(7)10/h1-2,5-6H,3-4H2,(H2,13,16)(H2,14,18). The van der Waals surface area contributed by atoms with Crippen LogP contribution >= 0.6 is 0 Å². The van der Waals surface area contributed by atoms with E-state index in [0.717, 1.165) is 0 Å². The van der Waals surface area contributed by atoms with Crippen LogP contribution in [0.4, 0.5) is 10.2 Å². The number of nitrogens with two attached hydrogens (primary N) is 2. The lowest BCUT2D eigenvalue weighted by Gasteiger charge is -2.39. The molecule has 2 heterocycles. The Morgan fingerprint density at radius 3 is 2.83 bits per heavy atom. The van der Waals surface area contributed by atoms with Crippen molar-refractivity contribution in [3.05, 3.63) is 24.2 Å². The van der Waals surface area contributed by atoms with Crippen molar-refractivity contribution < 1.29 is 9.18 Å². The fraction of sp³-hybridized carbons (Fsp3) is 0.364. The lowest BCUT2D eigenvalue weighted by Crippen LogP contribution is -2.53. The minimum atomic E-state index is -1.06. The highest BCUT2D eigenvalue weighted by Crippen LogP contribution is 2.44. The first-order valence-corrected chi connectivity index (χ1v) is 5.58. The number of rotatable bonds is 2. The topological polar surface area (TPSA) is 99.3 Å². The van der Waals surface area contributed by atoms with E-state index >= 15 is 0 Å². The van der Waals surface area contributed by atoms with Crippen molar-refractivity contribution in [2.75, 3.05) is 5.73 Å². The average Bonchev–Trinajstić information content (AvgIpc) is 2.67. The van der Waals surface area contributed by atoms with Crippen molar-refractivity contribution in [3.63, 3.8) is 0 Å². The van der Waals surface area contributed by atoms with E-state index in [0.29, 0.717) is 17.2 Å². The molecule has 1 saturated carbocycles. The number of aromatic nitrogens is 3. The molecular weight excluding hydrogens is 237 g/mol. The van der Waals surface area contributed by atoms with Gasteiger partial charge >= 0.3 is 0 Å². The molecule has 1 aliphatic carbocycles. The van der Waals surface area contributed by atoms with Gasteiger partial charge in [-0.05, 0) is 12.1 Å². The highest BCUT2D eigenvalue weighted by atomic mass is 19.1. The Kier molecular flexibility index (Phi) is 2.07. The zero-order valence-electron chi connectivity index (χ0n) is 9.51. The molecule has 2 aromatic heterocycles. The van der Waals surface area contributed by atoms with Gasteiger partial charge in [-0.1, -0.05) is 0 Å². The smallest absolute Gasteiger partial charge is 0.231 e. The van der Waals surface area contributed by atoms with E-state index in [4.69, 9.17) is 11.5 Å². The third kappa shape index (κ3) is 1.30. The molecule has 0 aromatic carbocycles. The number of nitrogen functional groups attached to an aromatic ring is 1. The number of hydrogen-bond donors (Lipinski definition) is 2. The number of imidazole rings is 1. The highest BCUT2D eigenvalue weighted by Gasteiger charge is 2.53. The summed E-state index contributed by atoms with van der Waals surface area (Å²) in [6, 6.07) is 3.37. The Morgan fingerprint density at radius 2 is 2.22 bits per heavy atom. The first kappa shape index (κ1) is 10.9. The predicted molar refractivity (Wildman–Crippen MR) is 62.4 cm³/mol. The summed E-state index contributed by atoms with van der Waals surface area (Å²) in [7, 11) is 0. The molecule has 3 rings (SSSR count). The summed E-state index contributed by atoms with van der Waals surface area (Å²) < 4.78 is 14.6. The van der Waals surface area contributed by atoms with Crippen molar-refractivity contribution in [1.82, 2.24) is 14.6 Å². The molecule has 94 valence electrons. The van der Waals surface area contributed by atoms with Gasteiger partial charge in [-0.25, -0.2) is 13.9 Å². The van der Waals surface area contributed by atoms with Gasteiger partial charge in [0.05, 0.1) is 11.7 Å². The van der Waals surface area contributed by atoms with Crippen LogP contribution in [0.1, 0.15) is 18.7 Å². The van der Waals surface area contributed by atoms with Crippen molar-refractivity contribution in [2.45, 2.75) is 24.4 Å². The number of anilines is 1. The molecule has 2 aromatic rings. The molecule has 0 atom stereocenters. The Hall–Kier alpha value is -2.18. The second kappa shape index (κ2) is 3.41. The zero-order chi connectivity index (χ0) is 12.9. The molecule has 18 heavy (non-hydrogen) atoms. The SMILES string of the molecule is NC(=O)C1(c2ncc3ccc(N)nn23)CC(F)C1. The molecule has 0 spiro atoms. The number of primary amides is 1.